The summed E-state index contributed by atoms with van der Waals surface area (Å²) in [5.41, 5.74) is 2.77. The number of benzene rings is 2. The van der Waals surface area contributed by atoms with Gasteiger partial charge in [-0.05, 0) is 62.1 Å². The van der Waals surface area contributed by atoms with Gasteiger partial charge >= 0.3 is 0 Å². The second-order valence-corrected chi connectivity index (χ2v) is 11.5. The largest absolute Gasteiger partial charge is 0.411 e. The third-order valence-electron chi connectivity index (χ3n) is 6.26. The fourth-order valence-corrected chi connectivity index (χ4v) is 6.69. The van der Waals surface area contributed by atoms with E-state index in [2.05, 4.69) is 16.3 Å². The summed E-state index contributed by atoms with van der Waals surface area (Å²) in [5, 5.41) is 8.42. The van der Waals surface area contributed by atoms with Gasteiger partial charge in [-0.3, -0.25) is 4.79 Å². The van der Waals surface area contributed by atoms with Gasteiger partial charge in [-0.1, -0.05) is 36.4 Å². The van der Waals surface area contributed by atoms with Crippen molar-refractivity contribution >= 4 is 33.4 Å². The van der Waals surface area contributed by atoms with Crippen LogP contribution in [0.25, 0.3) is 11.5 Å². The highest BCUT2D eigenvalue weighted by atomic mass is 32.2. The molecule has 1 saturated heterocycles. The Balaban J connectivity index is 1.23. The van der Waals surface area contributed by atoms with Gasteiger partial charge in [0.2, 0.25) is 21.8 Å². The van der Waals surface area contributed by atoms with Gasteiger partial charge in [0.05, 0.1) is 10.6 Å². The zero-order valence-electron chi connectivity index (χ0n) is 18.9. The summed E-state index contributed by atoms with van der Waals surface area (Å²) in [4.78, 5) is 15.0. The molecular formula is C24H26N4O4S2. The summed E-state index contributed by atoms with van der Waals surface area (Å²) in [6.45, 7) is 3.17. The summed E-state index contributed by atoms with van der Waals surface area (Å²) in [5.74, 6) is 0.471. The highest BCUT2D eigenvalue weighted by Gasteiger charge is 2.31. The minimum atomic E-state index is -3.49. The van der Waals surface area contributed by atoms with Gasteiger partial charge in [0.15, 0.2) is 0 Å². The van der Waals surface area contributed by atoms with Gasteiger partial charge < -0.3 is 9.32 Å². The van der Waals surface area contributed by atoms with Crippen LogP contribution in [-0.4, -0.2) is 53.7 Å². The normalized spacial score (nSPS) is 18.7. The Labute approximate surface area is 203 Å². The molecule has 0 saturated carbocycles. The lowest BCUT2D eigenvalue weighted by atomic mass is 10.1. The van der Waals surface area contributed by atoms with Crippen molar-refractivity contribution < 1.29 is 17.6 Å². The number of sulfonamides is 1. The standard InChI is InChI=1S/C24H26N4O4S2/c1-17-15-19-7-3-4-8-21(19)28(17)22(29)16-33-24-26-25-23(32-24)18-9-11-20(12-10-18)34(30,31)27-13-5-2-6-14-27/h3-4,7-12,17H,2,5-6,13-16H2,1H3/t17-/m0/s1. The monoisotopic (exact) mass is 498 g/mol. The molecule has 2 aromatic carbocycles. The molecule has 3 aromatic rings. The molecule has 178 valence electrons. The number of piperidine rings is 1. The molecule has 1 amide bonds. The summed E-state index contributed by atoms with van der Waals surface area (Å²) in [6, 6.07) is 14.6. The van der Waals surface area contributed by atoms with Crippen LogP contribution in [0.1, 0.15) is 31.7 Å². The van der Waals surface area contributed by atoms with Crippen molar-refractivity contribution in [1.82, 2.24) is 14.5 Å². The van der Waals surface area contributed by atoms with Gasteiger partial charge in [0.1, 0.15) is 0 Å². The number of aromatic nitrogens is 2. The Morgan fingerprint density at radius 3 is 2.56 bits per heavy atom. The van der Waals surface area contributed by atoms with Crippen LogP contribution in [0, 0.1) is 0 Å². The quantitative estimate of drug-likeness (QED) is 0.474. The zero-order chi connectivity index (χ0) is 23.7. The van der Waals surface area contributed by atoms with Crippen molar-refractivity contribution in [3.8, 4) is 11.5 Å². The van der Waals surface area contributed by atoms with E-state index in [9.17, 15) is 13.2 Å². The number of anilines is 1. The van der Waals surface area contributed by atoms with Crippen LogP contribution in [0.15, 0.2) is 63.1 Å². The predicted octanol–water partition coefficient (Wildman–Crippen LogP) is 3.98. The second-order valence-electron chi connectivity index (χ2n) is 8.60. The van der Waals surface area contributed by atoms with E-state index in [1.54, 1.807) is 28.6 Å². The fourth-order valence-electron chi connectivity index (χ4n) is 4.55. The van der Waals surface area contributed by atoms with Crippen LogP contribution < -0.4 is 4.90 Å². The van der Waals surface area contributed by atoms with Gasteiger partial charge in [-0.25, -0.2) is 8.42 Å². The first kappa shape index (κ1) is 23.1. The van der Waals surface area contributed by atoms with Gasteiger partial charge in [-0.15, -0.1) is 10.2 Å². The van der Waals surface area contributed by atoms with E-state index >= 15 is 0 Å². The highest BCUT2D eigenvalue weighted by Crippen LogP contribution is 2.33. The molecular weight excluding hydrogens is 472 g/mol. The minimum Gasteiger partial charge on any atom is -0.411 e. The third kappa shape index (κ3) is 4.49. The lowest BCUT2D eigenvalue weighted by molar-refractivity contribution is -0.116. The van der Waals surface area contributed by atoms with Crippen LogP contribution in [0.2, 0.25) is 0 Å². The SMILES string of the molecule is C[C@H]1Cc2ccccc2N1C(=O)CSc1nnc(-c2ccc(S(=O)(=O)N3CCCCC3)cc2)o1. The first-order valence-electron chi connectivity index (χ1n) is 11.4. The fraction of sp³-hybridized carbons (Fsp3) is 0.375. The van der Waals surface area contributed by atoms with Crippen molar-refractivity contribution in [1.29, 1.82) is 0 Å². The second kappa shape index (κ2) is 9.52. The number of rotatable bonds is 6. The lowest BCUT2D eigenvalue weighted by Crippen LogP contribution is -2.36. The van der Waals surface area contributed by atoms with Crippen LogP contribution in [0.5, 0.6) is 0 Å². The Kier molecular flexibility index (Phi) is 6.46. The first-order valence-corrected chi connectivity index (χ1v) is 13.8. The molecule has 10 heteroatoms. The molecule has 0 bridgehead atoms. The Morgan fingerprint density at radius 2 is 1.79 bits per heavy atom. The third-order valence-corrected chi connectivity index (χ3v) is 8.97. The molecule has 8 nitrogen and oxygen atoms in total. The van der Waals surface area contributed by atoms with Gasteiger partial charge in [0, 0.05) is 30.4 Å². The summed E-state index contributed by atoms with van der Waals surface area (Å²) >= 11 is 1.20. The average Bonchev–Trinajstić information content (AvgIpc) is 3.47. The molecule has 2 aliphatic rings. The van der Waals surface area contributed by atoms with Crippen LogP contribution in [0.4, 0.5) is 5.69 Å². The van der Waals surface area contributed by atoms with Crippen molar-refractivity contribution in [2.45, 2.75) is 48.8 Å². The number of nitrogens with zero attached hydrogens (tertiary/aromatic N) is 4. The molecule has 0 radical (unpaired) electrons. The van der Waals surface area contributed by atoms with Crippen molar-refractivity contribution in [2.75, 3.05) is 23.7 Å². The number of thioether (sulfide) groups is 1. The van der Waals surface area contributed by atoms with E-state index in [0.29, 0.717) is 23.9 Å². The molecule has 34 heavy (non-hydrogen) atoms. The van der Waals surface area contributed by atoms with Crippen molar-refractivity contribution in [3.63, 3.8) is 0 Å². The maximum absolute atomic E-state index is 12.9. The molecule has 1 atom stereocenters. The Bertz CT molecular complexity index is 1280. The molecule has 1 fully saturated rings. The predicted molar refractivity (Wildman–Crippen MR) is 130 cm³/mol. The van der Waals surface area contributed by atoms with Gasteiger partial charge in [0.25, 0.3) is 5.22 Å². The number of amides is 1. The summed E-state index contributed by atoms with van der Waals surface area (Å²) < 4.78 is 32.9. The minimum absolute atomic E-state index is 0.00512. The lowest BCUT2D eigenvalue weighted by Gasteiger charge is -2.25. The van der Waals surface area contributed by atoms with Crippen molar-refractivity contribution in [2.24, 2.45) is 0 Å². The topological polar surface area (TPSA) is 96.6 Å². The molecule has 3 heterocycles. The number of carbonyl (C=O) groups is 1. The van der Waals surface area contributed by atoms with Gasteiger partial charge in [-0.2, -0.15) is 4.31 Å². The molecule has 0 spiro atoms. The number of para-hydroxylation sites is 1. The number of fused-ring (bicyclic) bond motifs is 1. The smallest absolute Gasteiger partial charge is 0.277 e. The molecule has 2 aliphatic heterocycles. The van der Waals surface area contributed by atoms with Crippen LogP contribution in [-0.2, 0) is 21.2 Å². The van der Waals surface area contributed by atoms with Crippen LogP contribution in [0.3, 0.4) is 0 Å². The summed E-state index contributed by atoms with van der Waals surface area (Å²) in [6.07, 6.45) is 3.70. The average molecular weight is 499 g/mol. The Morgan fingerprint density at radius 1 is 1.06 bits per heavy atom. The van der Waals surface area contributed by atoms with Crippen LogP contribution >= 0.6 is 11.8 Å². The van der Waals surface area contributed by atoms with E-state index in [-0.39, 0.29) is 28.5 Å². The van der Waals surface area contributed by atoms with E-state index in [1.807, 2.05) is 30.0 Å². The number of hydrogen-bond donors (Lipinski definition) is 0. The zero-order valence-corrected chi connectivity index (χ0v) is 20.5. The maximum atomic E-state index is 12.9. The Hall–Kier alpha value is -2.69. The van der Waals surface area contributed by atoms with Crippen molar-refractivity contribution in [3.05, 3.63) is 54.1 Å². The molecule has 0 unspecified atom stereocenters. The van der Waals surface area contributed by atoms with E-state index < -0.39 is 10.0 Å². The van der Waals surface area contributed by atoms with E-state index in [4.69, 9.17) is 4.42 Å². The molecule has 0 N–H and O–H groups in total. The molecule has 5 rings (SSSR count). The van der Waals surface area contributed by atoms with E-state index in [0.717, 1.165) is 31.4 Å². The van der Waals surface area contributed by atoms with E-state index in [1.165, 1.54) is 17.3 Å². The molecule has 0 aliphatic carbocycles. The number of hydrogen-bond acceptors (Lipinski definition) is 7. The summed E-state index contributed by atoms with van der Waals surface area (Å²) in [7, 11) is -3.49. The highest BCUT2D eigenvalue weighted by molar-refractivity contribution is 7.99. The maximum Gasteiger partial charge on any atom is 0.277 e. The number of carbonyl (C=O) groups excluding carboxylic acids is 1. The molecule has 1 aromatic heterocycles. The first-order chi connectivity index (χ1) is 16.4.